The summed E-state index contributed by atoms with van der Waals surface area (Å²) >= 11 is 0. The van der Waals surface area contributed by atoms with E-state index in [-0.39, 0.29) is 5.91 Å². The Morgan fingerprint density at radius 1 is 0.809 bits per heavy atom. The van der Waals surface area contributed by atoms with Crippen LogP contribution in [0, 0.1) is 11.8 Å². The van der Waals surface area contributed by atoms with Crippen molar-refractivity contribution in [2.24, 2.45) is 11.8 Å². The molecule has 0 saturated heterocycles. The SMILES string of the molecule is CCCCCCCCCCCCCCCCNCc1ccc(OCCCC(=O)NCc2ccc(C3=CCCC4CC34)cc2)cc1OC. The van der Waals surface area contributed by atoms with Crippen LogP contribution in [0.25, 0.3) is 5.57 Å². The molecule has 2 N–H and O–H groups in total. The summed E-state index contributed by atoms with van der Waals surface area (Å²) in [6, 6.07) is 14.8. The average Bonchev–Trinajstić information content (AvgIpc) is 3.90. The first kappa shape index (κ1) is 37.0. The summed E-state index contributed by atoms with van der Waals surface area (Å²) in [6.07, 6.45) is 26.9. The highest BCUT2D eigenvalue weighted by Crippen LogP contribution is 2.53. The number of carbonyl (C=O) groups is 1. The smallest absolute Gasteiger partial charge is 0.220 e. The van der Waals surface area contributed by atoms with Crippen molar-refractivity contribution >= 4 is 11.5 Å². The fraction of sp³-hybridized carbons (Fsp3) is 0.643. The summed E-state index contributed by atoms with van der Waals surface area (Å²) in [5.41, 5.74) is 5.18. The van der Waals surface area contributed by atoms with Crippen LogP contribution in [0.15, 0.2) is 48.5 Å². The third kappa shape index (κ3) is 14.1. The molecule has 2 unspecified atom stereocenters. The molecule has 260 valence electrons. The van der Waals surface area contributed by atoms with Gasteiger partial charge in [0.15, 0.2) is 0 Å². The lowest BCUT2D eigenvalue weighted by Crippen LogP contribution is -2.23. The molecule has 1 fully saturated rings. The minimum absolute atomic E-state index is 0.0614. The standard InChI is InChI=1S/C42H64N2O3/c1-3-4-5-6-7-8-9-10-11-12-13-14-15-16-28-43-33-37-26-27-38(31-41(37)46-2)47-29-18-21-42(45)44-32-34-22-24-35(25-23-34)39-20-17-19-36-30-40(36)39/h20,22-27,31,36,40,43H,3-19,21,28-30,32-33H2,1-2H3,(H,44,45). The van der Waals surface area contributed by atoms with Gasteiger partial charge < -0.3 is 20.1 Å². The lowest BCUT2D eigenvalue weighted by molar-refractivity contribution is -0.121. The quantitative estimate of drug-likeness (QED) is 0.100. The predicted molar refractivity (Wildman–Crippen MR) is 197 cm³/mol. The summed E-state index contributed by atoms with van der Waals surface area (Å²) in [7, 11) is 1.71. The second kappa shape index (κ2) is 22.0. The largest absolute Gasteiger partial charge is 0.496 e. The molecule has 47 heavy (non-hydrogen) atoms. The van der Waals surface area contributed by atoms with Crippen molar-refractivity contribution in [3.63, 3.8) is 0 Å². The lowest BCUT2D eigenvalue weighted by Gasteiger charge is -2.13. The molecule has 0 aliphatic heterocycles. The van der Waals surface area contributed by atoms with Crippen LogP contribution in [0.4, 0.5) is 0 Å². The molecule has 5 heteroatoms. The van der Waals surface area contributed by atoms with E-state index in [4.69, 9.17) is 9.47 Å². The monoisotopic (exact) mass is 644 g/mol. The molecule has 1 amide bonds. The first-order valence-corrected chi connectivity index (χ1v) is 19.2. The summed E-state index contributed by atoms with van der Waals surface area (Å²) in [5.74, 6) is 3.41. The van der Waals surface area contributed by atoms with Crippen LogP contribution in [-0.2, 0) is 17.9 Å². The maximum Gasteiger partial charge on any atom is 0.220 e. The van der Waals surface area contributed by atoms with E-state index >= 15 is 0 Å². The van der Waals surface area contributed by atoms with Gasteiger partial charge in [-0.2, -0.15) is 0 Å². The maximum atomic E-state index is 12.4. The zero-order valence-corrected chi connectivity index (χ0v) is 29.8. The molecular weight excluding hydrogens is 580 g/mol. The summed E-state index contributed by atoms with van der Waals surface area (Å²) < 4.78 is 11.6. The van der Waals surface area contributed by atoms with Gasteiger partial charge in [0.1, 0.15) is 11.5 Å². The highest BCUT2D eigenvalue weighted by atomic mass is 16.5. The Kier molecular flexibility index (Phi) is 17.3. The molecule has 2 aliphatic rings. The van der Waals surface area contributed by atoms with Gasteiger partial charge in [-0.05, 0) is 73.3 Å². The van der Waals surface area contributed by atoms with Crippen LogP contribution in [0.2, 0.25) is 0 Å². The van der Waals surface area contributed by atoms with E-state index in [1.54, 1.807) is 7.11 Å². The van der Waals surface area contributed by atoms with Crippen LogP contribution in [0.1, 0.15) is 146 Å². The number of unbranched alkanes of at least 4 members (excludes halogenated alkanes) is 13. The molecular formula is C42H64N2O3. The van der Waals surface area contributed by atoms with E-state index in [0.717, 1.165) is 47.6 Å². The number of benzene rings is 2. The zero-order chi connectivity index (χ0) is 32.9. The lowest BCUT2D eigenvalue weighted by atomic mass is 9.93. The number of allylic oxidation sites excluding steroid dienone is 2. The first-order valence-electron chi connectivity index (χ1n) is 19.2. The minimum atomic E-state index is 0.0614. The number of amides is 1. The van der Waals surface area contributed by atoms with Gasteiger partial charge in [-0.3, -0.25) is 4.79 Å². The van der Waals surface area contributed by atoms with E-state index in [2.05, 4.69) is 54.0 Å². The Bertz CT molecular complexity index is 1190. The van der Waals surface area contributed by atoms with Gasteiger partial charge in [0, 0.05) is 31.1 Å². The third-order valence-electron chi connectivity index (χ3n) is 10.1. The summed E-state index contributed by atoms with van der Waals surface area (Å²) in [6.45, 7) is 5.18. The van der Waals surface area contributed by atoms with E-state index < -0.39 is 0 Å². The average molecular weight is 645 g/mol. The van der Waals surface area contributed by atoms with Crippen molar-refractivity contribution in [3.8, 4) is 11.5 Å². The molecule has 2 aromatic rings. The topological polar surface area (TPSA) is 59.6 Å². The van der Waals surface area contributed by atoms with Gasteiger partial charge in [0.2, 0.25) is 5.91 Å². The Morgan fingerprint density at radius 3 is 2.17 bits per heavy atom. The fourth-order valence-electron chi connectivity index (χ4n) is 7.04. The van der Waals surface area contributed by atoms with Crippen molar-refractivity contribution in [2.45, 2.75) is 142 Å². The van der Waals surface area contributed by atoms with Crippen molar-refractivity contribution in [2.75, 3.05) is 20.3 Å². The summed E-state index contributed by atoms with van der Waals surface area (Å²) in [5, 5.41) is 6.64. The van der Waals surface area contributed by atoms with Gasteiger partial charge in [-0.25, -0.2) is 0 Å². The Balaban J connectivity index is 0.986. The van der Waals surface area contributed by atoms with Crippen LogP contribution in [0.3, 0.4) is 0 Å². The van der Waals surface area contributed by atoms with E-state index in [9.17, 15) is 4.79 Å². The van der Waals surface area contributed by atoms with E-state index in [0.29, 0.717) is 26.0 Å². The molecule has 2 aromatic carbocycles. The van der Waals surface area contributed by atoms with Crippen molar-refractivity contribution < 1.29 is 14.3 Å². The van der Waals surface area contributed by atoms with Crippen molar-refractivity contribution in [1.82, 2.24) is 10.6 Å². The minimum Gasteiger partial charge on any atom is -0.496 e. The third-order valence-corrected chi connectivity index (χ3v) is 10.1. The number of fused-ring (bicyclic) bond motifs is 1. The first-order chi connectivity index (χ1) is 23.2. The van der Waals surface area contributed by atoms with E-state index in [1.807, 2.05) is 12.1 Å². The number of rotatable bonds is 26. The van der Waals surface area contributed by atoms with E-state index in [1.165, 1.54) is 120 Å². The molecule has 2 aliphatic carbocycles. The molecule has 2 atom stereocenters. The number of methoxy groups -OCH3 is 1. The van der Waals surface area contributed by atoms with Crippen LogP contribution in [0.5, 0.6) is 11.5 Å². The highest BCUT2D eigenvalue weighted by molar-refractivity contribution is 5.76. The van der Waals surface area contributed by atoms with Crippen molar-refractivity contribution in [1.29, 1.82) is 0 Å². The number of hydrogen-bond acceptors (Lipinski definition) is 4. The molecule has 5 nitrogen and oxygen atoms in total. The Labute approximate surface area is 286 Å². The fourth-order valence-corrected chi connectivity index (χ4v) is 7.04. The van der Waals surface area contributed by atoms with Gasteiger partial charge in [-0.1, -0.05) is 127 Å². The van der Waals surface area contributed by atoms with Crippen molar-refractivity contribution in [3.05, 3.63) is 65.2 Å². The van der Waals surface area contributed by atoms with Gasteiger partial charge >= 0.3 is 0 Å². The number of nitrogens with one attached hydrogen (secondary N) is 2. The second-order valence-corrected chi connectivity index (χ2v) is 14.0. The highest BCUT2D eigenvalue weighted by Gasteiger charge is 2.41. The molecule has 0 spiro atoms. The summed E-state index contributed by atoms with van der Waals surface area (Å²) in [4.78, 5) is 12.4. The number of ether oxygens (including phenoxy) is 2. The maximum absolute atomic E-state index is 12.4. The molecule has 0 aromatic heterocycles. The molecule has 0 heterocycles. The number of carbonyl (C=O) groups excluding carboxylic acids is 1. The van der Waals surface area contributed by atoms with Crippen LogP contribution >= 0.6 is 0 Å². The molecule has 1 saturated carbocycles. The Morgan fingerprint density at radius 2 is 1.49 bits per heavy atom. The van der Waals surface area contributed by atoms with Crippen LogP contribution < -0.4 is 20.1 Å². The molecule has 0 radical (unpaired) electrons. The van der Waals surface area contributed by atoms with Gasteiger partial charge in [0.25, 0.3) is 0 Å². The second-order valence-electron chi connectivity index (χ2n) is 14.0. The van der Waals surface area contributed by atoms with Gasteiger partial charge in [0.05, 0.1) is 13.7 Å². The normalized spacial score (nSPS) is 16.8. The zero-order valence-electron chi connectivity index (χ0n) is 29.8. The number of hydrogen-bond donors (Lipinski definition) is 2. The Hall–Kier alpha value is -2.79. The molecule has 0 bridgehead atoms. The predicted octanol–water partition coefficient (Wildman–Crippen LogP) is 10.6. The van der Waals surface area contributed by atoms with Crippen LogP contribution in [-0.4, -0.2) is 26.2 Å². The molecule has 4 rings (SSSR count). The van der Waals surface area contributed by atoms with Gasteiger partial charge in [-0.15, -0.1) is 0 Å².